The lowest BCUT2D eigenvalue weighted by Crippen LogP contribution is -2.24. The van der Waals surface area contributed by atoms with Crippen molar-refractivity contribution in [3.63, 3.8) is 0 Å². The van der Waals surface area contributed by atoms with Gasteiger partial charge in [-0.05, 0) is 30.3 Å². The molecule has 1 atom stereocenters. The number of alkyl halides is 6. The molecule has 43 heavy (non-hydrogen) atoms. The van der Waals surface area contributed by atoms with Crippen LogP contribution < -0.4 is 9.47 Å². The van der Waals surface area contributed by atoms with E-state index < -0.39 is 24.3 Å². The summed E-state index contributed by atoms with van der Waals surface area (Å²) >= 11 is 0. The number of aliphatic carboxylic acids is 2. The maximum Gasteiger partial charge on any atom is 0.490 e. The highest BCUT2D eigenvalue weighted by Gasteiger charge is 2.39. The number of carboxylic acids is 2. The number of carbonyl (C=O) groups is 2. The Bertz CT molecular complexity index is 1760. The van der Waals surface area contributed by atoms with Gasteiger partial charge >= 0.3 is 24.3 Å². The number of rotatable bonds is 2. The van der Waals surface area contributed by atoms with E-state index in [-0.39, 0.29) is 6.10 Å². The summed E-state index contributed by atoms with van der Waals surface area (Å²) in [5.41, 5.74) is 4.67. The van der Waals surface area contributed by atoms with Crippen molar-refractivity contribution in [2.45, 2.75) is 18.5 Å². The predicted octanol–water partition coefficient (Wildman–Crippen LogP) is 5.29. The van der Waals surface area contributed by atoms with Gasteiger partial charge in [-0.15, -0.1) is 0 Å². The Morgan fingerprint density at radius 1 is 0.953 bits per heavy atom. The van der Waals surface area contributed by atoms with Crippen LogP contribution in [0.15, 0.2) is 61.1 Å². The molecule has 3 N–H and O–H groups in total. The largest absolute Gasteiger partial charge is 0.490 e. The number of ether oxygens (including phenoxy) is 2. The average molecular weight is 611 g/mol. The number of halogens is 6. The van der Waals surface area contributed by atoms with Gasteiger partial charge in [0, 0.05) is 24.2 Å². The standard InChI is InChI=1S/C22H17N5O2.2C2HF3O2/c1-27-16-10-13(20-14-8-9-23-21(14)25-12-24-20)6-7-15(16)26-22(27)19-11-28-17-4-2-3-5-18(17)29-19;2*3-2(4,5)1(6)7/h2-10,12,19H,11H2,1H3,(H,23,24,25);2*(H,6,7). The molecule has 0 bridgehead atoms. The molecule has 226 valence electrons. The Morgan fingerprint density at radius 2 is 1.58 bits per heavy atom. The average Bonchev–Trinajstić information content (AvgIpc) is 3.57. The number of nitrogens with one attached hydrogen (secondary N) is 1. The van der Waals surface area contributed by atoms with Crippen LogP contribution in [0.25, 0.3) is 33.3 Å². The van der Waals surface area contributed by atoms with Gasteiger partial charge in [-0.1, -0.05) is 18.2 Å². The van der Waals surface area contributed by atoms with Crippen LogP contribution in [0.3, 0.4) is 0 Å². The zero-order chi connectivity index (χ0) is 31.5. The maximum absolute atomic E-state index is 10.6. The van der Waals surface area contributed by atoms with Crippen molar-refractivity contribution in [1.82, 2.24) is 24.5 Å². The van der Waals surface area contributed by atoms with E-state index in [4.69, 9.17) is 34.3 Å². The molecule has 1 unspecified atom stereocenters. The van der Waals surface area contributed by atoms with E-state index in [1.165, 1.54) is 0 Å². The molecule has 0 aliphatic carbocycles. The molecule has 0 radical (unpaired) electrons. The van der Waals surface area contributed by atoms with Gasteiger partial charge in [0.15, 0.2) is 23.4 Å². The first-order chi connectivity index (χ1) is 20.2. The second kappa shape index (κ2) is 11.9. The number of para-hydroxylation sites is 2. The number of imidazole rings is 1. The number of nitrogens with zero attached hydrogens (tertiary/aromatic N) is 4. The first-order valence-corrected chi connectivity index (χ1v) is 11.9. The summed E-state index contributed by atoms with van der Waals surface area (Å²) in [6.45, 7) is 0.427. The first kappa shape index (κ1) is 30.6. The molecule has 2 aromatic carbocycles. The highest BCUT2D eigenvalue weighted by Crippen LogP contribution is 2.36. The zero-order valence-corrected chi connectivity index (χ0v) is 21.6. The zero-order valence-electron chi connectivity index (χ0n) is 21.6. The molecular formula is C26H19F6N5O6. The van der Waals surface area contributed by atoms with E-state index >= 15 is 0 Å². The van der Waals surface area contributed by atoms with Gasteiger partial charge in [-0.25, -0.2) is 24.5 Å². The smallest absolute Gasteiger partial charge is 0.485 e. The minimum absolute atomic E-state index is 0.263. The molecule has 0 fully saturated rings. The van der Waals surface area contributed by atoms with Gasteiger partial charge in [0.1, 0.15) is 18.6 Å². The Labute approximate surface area is 236 Å². The van der Waals surface area contributed by atoms with Crippen molar-refractivity contribution in [3.8, 4) is 22.8 Å². The quantitative estimate of drug-likeness (QED) is 0.226. The SMILES string of the molecule is Cn1c(C2COc3ccccc3O2)nc2ccc(-c3ncnc4[nH]ccc34)cc21.O=C(O)C(F)(F)F.O=C(O)C(F)(F)F. The number of aromatic amines is 1. The number of carboxylic acid groups (broad SMARTS) is 2. The third-order valence-corrected chi connectivity index (χ3v) is 5.82. The fraction of sp³-hybridized carbons (Fsp3) is 0.192. The fourth-order valence-electron chi connectivity index (χ4n) is 3.89. The topological polar surface area (TPSA) is 152 Å². The molecule has 6 rings (SSSR count). The van der Waals surface area contributed by atoms with E-state index in [1.807, 2.05) is 55.7 Å². The first-order valence-electron chi connectivity index (χ1n) is 11.9. The minimum Gasteiger partial charge on any atom is -0.485 e. The fourth-order valence-corrected chi connectivity index (χ4v) is 3.89. The van der Waals surface area contributed by atoms with E-state index in [0.29, 0.717) is 6.61 Å². The number of H-pyrrole nitrogens is 1. The number of hydrogen-bond acceptors (Lipinski definition) is 7. The van der Waals surface area contributed by atoms with Crippen molar-refractivity contribution < 1.29 is 55.6 Å². The molecule has 1 aliphatic rings. The lowest BCUT2D eigenvalue weighted by atomic mass is 10.1. The number of fused-ring (bicyclic) bond motifs is 3. The highest BCUT2D eigenvalue weighted by atomic mass is 19.4. The molecule has 3 aromatic heterocycles. The van der Waals surface area contributed by atoms with Crippen LogP contribution >= 0.6 is 0 Å². The molecule has 0 spiro atoms. The molecule has 4 heterocycles. The second-order valence-electron chi connectivity index (χ2n) is 8.66. The van der Waals surface area contributed by atoms with Gasteiger partial charge in [0.25, 0.3) is 0 Å². The van der Waals surface area contributed by atoms with Crippen molar-refractivity contribution >= 4 is 34.0 Å². The van der Waals surface area contributed by atoms with Gasteiger partial charge in [0.05, 0.1) is 16.7 Å². The third-order valence-electron chi connectivity index (χ3n) is 5.82. The maximum atomic E-state index is 10.6. The van der Waals surface area contributed by atoms with Crippen molar-refractivity contribution in [2.24, 2.45) is 7.05 Å². The Kier molecular flexibility index (Phi) is 8.45. The summed E-state index contributed by atoms with van der Waals surface area (Å²) in [5, 5.41) is 15.2. The summed E-state index contributed by atoms with van der Waals surface area (Å²) in [7, 11) is 2.00. The molecule has 17 heteroatoms. The lowest BCUT2D eigenvalue weighted by molar-refractivity contribution is -0.193. The molecule has 11 nitrogen and oxygen atoms in total. The monoisotopic (exact) mass is 611 g/mol. The summed E-state index contributed by atoms with van der Waals surface area (Å²) < 4.78 is 77.6. The summed E-state index contributed by atoms with van der Waals surface area (Å²) in [5.74, 6) is -3.17. The summed E-state index contributed by atoms with van der Waals surface area (Å²) in [6, 6.07) is 15.9. The number of aryl methyl sites for hydroxylation is 1. The second-order valence-corrected chi connectivity index (χ2v) is 8.66. The van der Waals surface area contributed by atoms with Crippen LogP contribution in [-0.2, 0) is 16.6 Å². The van der Waals surface area contributed by atoms with Crippen LogP contribution in [0.2, 0.25) is 0 Å². The van der Waals surface area contributed by atoms with Crippen LogP contribution in [0.5, 0.6) is 11.5 Å². The van der Waals surface area contributed by atoms with Gasteiger partial charge in [0.2, 0.25) is 0 Å². The number of hydrogen-bond donors (Lipinski definition) is 3. The molecule has 1 aliphatic heterocycles. The predicted molar refractivity (Wildman–Crippen MR) is 136 cm³/mol. The van der Waals surface area contributed by atoms with E-state index in [2.05, 4.69) is 25.6 Å². The third kappa shape index (κ3) is 6.94. The van der Waals surface area contributed by atoms with Gasteiger partial charge in [-0.2, -0.15) is 26.3 Å². The summed E-state index contributed by atoms with van der Waals surface area (Å²) in [4.78, 5) is 34.5. The van der Waals surface area contributed by atoms with Crippen molar-refractivity contribution in [3.05, 3.63) is 66.9 Å². The molecule has 5 aromatic rings. The molecular weight excluding hydrogens is 592 g/mol. The number of benzene rings is 2. The van der Waals surface area contributed by atoms with Gasteiger partial charge in [-0.3, -0.25) is 0 Å². The van der Waals surface area contributed by atoms with Crippen molar-refractivity contribution in [2.75, 3.05) is 6.61 Å². The molecule has 0 saturated carbocycles. The van der Waals surface area contributed by atoms with Crippen LogP contribution in [0.1, 0.15) is 11.9 Å². The van der Waals surface area contributed by atoms with Gasteiger partial charge < -0.3 is 29.2 Å². The van der Waals surface area contributed by atoms with E-state index in [1.54, 1.807) is 6.33 Å². The summed E-state index contributed by atoms with van der Waals surface area (Å²) in [6.07, 6.45) is -6.97. The molecule has 0 amide bonds. The van der Waals surface area contributed by atoms with Crippen LogP contribution in [0, 0.1) is 0 Å². The Balaban J connectivity index is 0.000000254. The Morgan fingerprint density at radius 3 is 2.21 bits per heavy atom. The van der Waals surface area contributed by atoms with Crippen LogP contribution in [0.4, 0.5) is 26.3 Å². The highest BCUT2D eigenvalue weighted by molar-refractivity contribution is 5.93. The lowest BCUT2D eigenvalue weighted by Gasteiger charge is -2.25. The van der Waals surface area contributed by atoms with E-state index in [9.17, 15) is 26.3 Å². The van der Waals surface area contributed by atoms with E-state index in [0.717, 1.165) is 50.6 Å². The minimum atomic E-state index is -5.08. The number of aromatic nitrogens is 5. The normalized spacial score (nSPS) is 14.3. The Hall–Kier alpha value is -5.35. The van der Waals surface area contributed by atoms with Crippen molar-refractivity contribution in [1.29, 1.82) is 0 Å². The van der Waals surface area contributed by atoms with Crippen LogP contribution in [-0.4, -0.2) is 65.6 Å². The molecule has 0 saturated heterocycles.